The number of hydrogen-bond donors (Lipinski definition) is 1. The largest absolute Gasteiger partial charge is 0.525 e. The first-order valence-corrected chi connectivity index (χ1v) is 7.37. The number of nitrogens with one attached hydrogen (secondary N) is 1. The summed E-state index contributed by atoms with van der Waals surface area (Å²) in [4.78, 5) is 2.25. The lowest BCUT2D eigenvalue weighted by Crippen LogP contribution is -2.44. The van der Waals surface area contributed by atoms with Crippen LogP contribution in [0, 0.1) is 0 Å². The van der Waals surface area contributed by atoms with Crippen molar-refractivity contribution in [2.24, 2.45) is 0 Å². The fourth-order valence-corrected chi connectivity index (χ4v) is 2.43. The van der Waals surface area contributed by atoms with Crippen molar-refractivity contribution in [3.63, 3.8) is 0 Å². The van der Waals surface area contributed by atoms with Crippen LogP contribution in [-0.2, 0) is 9.31 Å². The average Bonchev–Trinajstić information content (AvgIpc) is 2.58. The van der Waals surface area contributed by atoms with Gasteiger partial charge in [0.1, 0.15) is 5.73 Å². The molecule has 0 radical (unpaired) electrons. The molecule has 0 spiro atoms. The first-order chi connectivity index (χ1) is 9.23. The van der Waals surface area contributed by atoms with Gasteiger partial charge < -0.3 is 14.6 Å². The Bertz CT molecular complexity index is 377. The Kier molecular flexibility index (Phi) is 4.59. The molecule has 0 unspecified atom stereocenters. The van der Waals surface area contributed by atoms with Crippen LogP contribution in [0.1, 0.15) is 34.6 Å². The molecule has 2 saturated heterocycles. The normalized spacial score (nSPS) is 27.6. The maximum Gasteiger partial charge on any atom is 0.525 e. The van der Waals surface area contributed by atoms with E-state index >= 15 is 0 Å². The first-order valence-electron chi connectivity index (χ1n) is 7.37. The molecule has 2 heterocycles. The van der Waals surface area contributed by atoms with Gasteiger partial charge in [0.2, 0.25) is 0 Å². The molecule has 0 aromatic heterocycles. The molecule has 20 heavy (non-hydrogen) atoms. The molecule has 0 bridgehead atoms. The van der Waals surface area contributed by atoms with Gasteiger partial charge >= 0.3 is 7.12 Å². The van der Waals surface area contributed by atoms with E-state index in [0.717, 1.165) is 26.2 Å². The highest BCUT2D eigenvalue weighted by molar-refractivity contribution is 6.53. The van der Waals surface area contributed by atoms with Gasteiger partial charge in [-0.15, -0.1) is 0 Å². The lowest BCUT2D eigenvalue weighted by molar-refractivity contribution is 0.00578. The van der Waals surface area contributed by atoms with Crippen molar-refractivity contribution in [1.82, 2.24) is 10.2 Å². The zero-order chi connectivity index (χ0) is 15.0. The third-order valence-corrected chi connectivity index (χ3v) is 4.54. The lowest BCUT2D eigenvalue weighted by atomic mass is 9.85. The fraction of sp³-hybridized carbons (Fsp3) is 0.857. The van der Waals surface area contributed by atoms with Crippen LogP contribution in [0.4, 0.5) is 4.39 Å². The maximum absolute atomic E-state index is 14.5. The zero-order valence-corrected chi connectivity index (χ0v) is 13.3. The molecule has 0 aromatic rings. The Morgan fingerprint density at radius 1 is 1.15 bits per heavy atom. The summed E-state index contributed by atoms with van der Waals surface area (Å²) >= 11 is 0. The average molecular weight is 284 g/mol. The number of hydrogen-bond acceptors (Lipinski definition) is 4. The second-order valence-corrected chi connectivity index (χ2v) is 6.74. The quantitative estimate of drug-likeness (QED) is 0.801. The van der Waals surface area contributed by atoms with E-state index in [2.05, 4.69) is 10.2 Å². The van der Waals surface area contributed by atoms with Gasteiger partial charge in [-0.25, -0.2) is 4.39 Å². The molecule has 0 atom stereocenters. The standard InChI is InChI=1S/C14H26BFN2O2/c1-11(10-18-8-6-17-7-9-18)12(16)15-19-13(2,3)14(4,5)20-15/h17H,6-10H2,1-5H3. The van der Waals surface area contributed by atoms with Crippen molar-refractivity contribution in [3.8, 4) is 0 Å². The van der Waals surface area contributed by atoms with Crippen molar-refractivity contribution in [2.75, 3.05) is 32.7 Å². The summed E-state index contributed by atoms with van der Waals surface area (Å²) in [6.07, 6.45) is 0. The summed E-state index contributed by atoms with van der Waals surface area (Å²) in [6.45, 7) is 14.0. The van der Waals surface area contributed by atoms with Gasteiger partial charge in [-0.3, -0.25) is 4.90 Å². The van der Waals surface area contributed by atoms with Crippen LogP contribution in [0.5, 0.6) is 0 Å². The van der Waals surface area contributed by atoms with Crippen LogP contribution in [-0.4, -0.2) is 55.9 Å². The van der Waals surface area contributed by atoms with Crippen LogP contribution in [0.3, 0.4) is 0 Å². The molecule has 2 aliphatic heterocycles. The highest BCUT2D eigenvalue weighted by Crippen LogP contribution is 2.39. The molecular weight excluding hydrogens is 258 g/mol. The van der Waals surface area contributed by atoms with E-state index in [1.807, 2.05) is 34.6 Å². The Labute approximate surface area is 121 Å². The molecule has 6 heteroatoms. The Hall–Kier alpha value is -0.425. The second kappa shape index (κ2) is 5.75. The van der Waals surface area contributed by atoms with Gasteiger partial charge in [0, 0.05) is 32.7 Å². The summed E-state index contributed by atoms with van der Waals surface area (Å²) in [7, 11) is -0.872. The van der Waals surface area contributed by atoms with Gasteiger partial charge in [0.15, 0.2) is 0 Å². The first kappa shape index (κ1) is 16.0. The molecule has 0 amide bonds. The molecule has 4 nitrogen and oxygen atoms in total. The molecule has 2 fully saturated rings. The van der Waals surface area contributed by atoms with Crippen molar-refractivity contribution >= 4 is 7.12 Å². The van der Waals surface area contributed by atoms with Crippen LogP contribution in [0.15, 0.2) is 11.3 Å². The van der Waals surface area contributed by atoms with E-state index in [9.17, 15) is 4.39 Å². The maximum atomic E-state index is 14.5. The van der Waals surface area contributed by atoms with E-state index in [-0.39, 0.29) is 5.73 Å². The third kappa shape index (κ3) is 3.24. The number of halogens is 1. The summed E-state index contributed by atoms with van der Waals surface area (Å²) in [5, 5.41) is 3.29. The second-order valence-electron chi connectivity index (χ2n) is 6.74. The van der Waals surface area contributed by atoms with E-state index in [0.29, 0.717) is 12.1 Å². The molecule has 0 aliphatic carbocycles. The van der Waals surface area contributed by atoms with Crippen LogP contribution >= 0.6 is 0 Å². The number of nitrogens with zero attached hydrogens (tertiary/aromatic N) is 1. The predicted octanol–water partition coefficient (Wildman–Crippen LogP) is 1.77. The molecular formula is C14H26BFN2O2. The highest BCUT2D eigenvalue weighted by atomic mass is 19.1. The number of rotatable bonds is 3. The number of piperazine rings is 1. The van der Waals surface area contributed by atoms with Gasteiger partial charge in [0.25, 0.3) is 0 Å². The van der Waals surface area contributed by atoms with Crippen molar-refractivity contribution in [3.05, 3.63) is 11.3 Å². The Balaban J connectivity index is 2.02. The minimum atomic E-state index is -0.872. The fourth-order valence-electron chi connectivity index (χ4n) is 2.43. The van der Waals surface area contributed by atoms with Crippen LogP contribution in [0.2, 0.25) is 0 Å². The molecule has 0 saturated carbocycles. The minimum absolute atomic E-state index is 0.276. The third-order valence-electron chi connectivity index (χ3n) is 4.54. The van der Waals surface area contributed by atoms with E-state index in [1.165, 1.54) is 0 Å². The monoisotopic (exact) mass is 284 g/mol. The summed E-state index contributed by atoms with van der Waals surface area (Å²) < 4.78 is 26.0. The molecule has 114 valence electrons. The van der Waals surface area contributed by atoms with Gasteiger partial charge in [-0.1, -0.05) is 0 Å². The minimum Gasteiger partial charge on any atom is -0.398 e. The molecule has 0 aromatic carbocycles. The van der Waals surface area contributed by atoms with E-state index < -0.39 is 18.3 Å². The van der Waals surface area contributed by atoms with Crippen LogP contribution < -0.4 is 5.32 Å². The summed E-state index contributed by atoms with van der Waals surface area (Å²) in [5.41, 5.74) is -0.568. The zero-order valence-electron chi connectivity index (χ0n) is 13.3. The predicted molar refractivity (Wildman–Crippen MR) is 79.2 cm³/mol. The van der Waals surface area contributed by atoms with E-state index in [1.54, 1.807) is 0 Å². The van der Waals surface area contributed by atoms with Crippen LogP contribution in [0.25, 0.3) is 0 Å². The van der Waals surface area contributed by atoms with Crippen molar-refractivity contribution in [2.45, 2.75) is 45.8 Å². The Morgan fingerprint density at radius 2 is 1.65 bits per heavy atom. The Morgan fingerprint density at radius 3 is 2.15 bits per heavy atom. The van der Waals surface area contributed by atoms with Gasteiger partial charge in [0.05, 0.1) is 11.2 Å². The van der Waals surface area contributed by atoms with Gasteiger partial charge in [-0.05, 0) is 40.2 Å². The summed E-state index contributed by atoms with van der Waals surface area (Å²) in [5.74, 6) is 0. The molecule has 2 aliphatic rings. The van der Waals surface area contributed by atoms with E-state index in [4.69, 9.17) is 9.31 Å². The van der Waals surface area contributed by atoms with Crippen molar-refractivity contribution < 1.29 is 13.7 Å². The smallest absolute Gasteiger partial charge is 0.398 e. The SMILES string of the molecule is CC(CN1CCNCC1)=C(F)B1OC(C)(C)C(C)(C)O1. The topological polar surface area (TPSA) is 33.7 Å². The molecule has 2 rings (SSSR count). The molecule has 1 N–H and O–H groups in total. The lowest BCUT2D eigenvalue weighted by Gasteiger charge is -2.32. The summed E-state index contributed by atoms with van der Waals surface area (Å²) in [6, 6.07) is 0. The van der Waals surface area contributed by atoms with Gasteiger partial charge in [-0.2, -0.15) is 0 Å². The highest BCUT2D eigenvalue weighted by Gasteiger charge is 2.53. The van der Waals surface area contributed by atoms with Crippen molar-refractivity contribution in [1.29, 1.82) is 0 Å².